The van der Waals surface area contributed by atoms with Crippen molar-refractivity contribution < 1.29 is 5.11 Å². The topological polar surface area (TPSA) is 20.2 Å². The number of hydrogen-bond acceptors (Lipinski definition) is 1. The molecule has 1 heteroatoms. The monoisotopic (exact) mass is 260 g/mol. The molecule has 0 radical (unpaired) electrons. The van der Waals surface area contributed by atoms with Crippen molar-refractivity contribution in [2.45, 2.75) is 64.4 Å². The fourth-order valence-electron chi connectivity index (χ4n) is 6.38. The molecular formula is C18H28O. The van der Waals surface area contributed by atoms with Crippen molar-refractivity contribution in [1.29, 1.82) is 0 Å². The van der Waals surface area contributed by atoms with E-state index >= 15 is 0 Å². The molecule has 0 bridgehead atoms. The molecule has 4 aliphatic rings. The highest BCUT2D eigenvalue weighted by Crippen LogP contribution is 2.61. The first-order valence-electron chi connectivity index (χ1n) is 8.55. The van der Waals surface area contributed by atoms with E-state index in [0.29, 0.717) is 0 Å². The van der Waals surface area contributed by atoms with Crippen LogP contribution in [0.1, 0.15) is 58.3 Å². The van der Waals surface area contributed by atoms with Crippen molar-refractivity contribution in [2.24, 2.45) is 35.0 Å². The Hall–Kier alpha value is -0.300. The van der Waals surface area contributed by atoms with Crippen molar-refractivity contribution in [1.82, 2.24) is 0 Å². The second-order valence-electron chi connectivity index (χ2n) is 7.98. The Morgan fingerprint density at radius 1 is 0.947 bits per heavy atom. The molecule has 4 unspecified atom stereocenters. The minimum absolute atomic E-state index is 0.0116. The number of fused-ring (bicyclic) bond motifs is 5. The van der Waals surface area contributed by atoms with E-state index in [-0.39, 0.29) is 11.5 Å². The van der Waals surface area contributed by atoms with Gasteiger partial charge in [-0.3, -0.25) is 0 Å². The van der Waals surface area contributed by atoms with E-state index in [0.717, 1.165) is 36.0 Å². The summed E-state index contributed by atoms with van der Waals surface area (Å²) in [5.74, 6) is 4.61. The minimum atomic E-state index is -0.0116. The van der Waals surface area contributed by atoms with Gasteiger partial charge >= 0.3 is 0 Å². The highest BCUT2D eigenvalue weighted by atomic mass is 16.3. The summed E-state index contributed by atoms with van der Waals surface area (Å²) in [4.78, 5) is 0. The zero-order valence-electron chi connectivity index (χ0n) is 12.2. The lowest BCUT2D eigenvalue weighted by Gasteiger charge is -2.54. The van der Waals surface area contributed by atoms with Gasteiger partial charge in [-0.1, -0.05) is 19.1 Å². The predicted molar refractivity (Wildman–Crippen MR) is 77.6 cm³/mol. The van der Waals surface area contributed by atoms with Crippen LogP contribution in [0.25, 0.3) is 0 Å². The van der Waals surface area contributed by atoms with Crippen LogP contribution in [0.5, 0.6) is 0 Å². The lowest BCUT2D eigenvalue weighted by molar-refractivity contribution is -0.0709. The fourth-order valence-corrected chi connectivity index (χ4v) is 6.38. The van der Waals surface area contributed by atoms with Crippen LogP contribution in [0.2, 0.25) is 0 Å². The molecule has 0 aliphatic heterocycles. The zero-order valence-corrected chi connectivity index (χ0v) is 12.2. The second kappa shape index (κ2) is 4.35. The van der Waals surface area contributed by atoms with Crippen LogP contribution < -0.4 is 0 Å². The van der Waals surface area contributed by atoms with E-state index in [1.807, 2.05) is 0 Å². The molecule has 7 atom stereocenters. The molecule has 4 aliphatic carbocycles. The van der Waals surface area contributed by atoms with Crippen LogP contribution in [-0.4, -0.2) is 11.2 Å². The lowest BCUT2D eigenvalue weighted by Crippen LogP contribution is -2.48. The van der Waals surface area contributed by atoms with Crippen LogP contribution >= 0.6 is 0 Å². The Labute approximate surface area is 117 Å². The summed E-state index contributed by atoms with van der Waals surface area (Å²) in [7, 11) is 0. The van der Waals surface area contributed by atoms with E-state index in [1.165, 1.54) is 44.9 Å². The van der Waals surface area contributed by atoms with Gasteiger partial charge in [0.05, 0.1) is 6.10 Å². The molecular weight excluding hydrogens is 232 g/mol. The zero-order chi connectivity index (χ0) is 13.0. The third-order valence-corrected chi connectivity index (χ3v) is 7.43. The molecule has 4 rings (SSSR count). The fraction of sp³-hybridized carbons (Fsp3) is 0.889. The number of allylic oxidation sites excluding steroid dienone is 2. The van der Waals surface area contributed by atoms with Gasteiger partial charge in [0.1, 0.15) is 0 Å². The lowest BCUT2D eigenvalue weighted by atomic mass is 9.51. The standard InChI is InChI=1S/C18H28O/c1-18-11-10-14-13-5-3-2-4-12(13)6-7-15(14)16(18)8-9-17(18)19/h2,4,12-17,19H,3,5-11H2,1H3/t12?,13-,14?,15+,16?,17?,18-/m0/s1. The maximum Gasteiger partial charge on any atom is 0.0596 e. The van der Waals surface area contributed by atoms with Gasteiger partial charge in [-0.05, 0) is 86.4 Å². The summed E-state index contributed by atoms with van der Waals surface area (Å²) in [6.45, 7) is 2.39. The average Bonchev–Trinajstić information content (AvgIpc) is 2.75. The van der Waals surface area contributed by atoms with Crippen LogP contribution in [0.4, 0.5) is 0 Å². The Balaban J connectivity index is 1.61. The summed E-state index contributed by atoms with van der Waals surface area (Å²) in [6.07, 6.45) is 15.6. The molecule has 19 heavy (non-hydrogen) atoms. The number of rotatable bonds is 0. The average molecular weight is 260 g/mol. The van der Waals surface area contributed by atoms with E-state index in [4.69, 9.17) is 0 Å². The summed E-state index contributed by atoms with van der Waals surface area (Å²) in [6, 6.07) is 0. The van der Waals surface area contributed by atoms with Crippen molar-refractivity contribution in [2.75, 3.05) is 0 Å². The van der Waals surface area contributed by atoms with Crippen molar-refractivity contribution >= 4 is 0 Å². The summed E-state index contributed by atoms with van der Waals surface area (Å²) < 4.78 is 0. The first-order valence-corrected chi connectivity index (χ1v) is 8.55. The van der Waals surface area contributed by atoms with Gasteiger partial charge in [-0.25, -0.2) is 0 Å². The summed E-state index contributed by atoms with van der Waals surface area (Å²) in [5.41, 5.74) is 0.262. The maximum absolute atomic E-state index is 10.4. The third-order valence-electron chi connectivity index (χ3n) is 7.43. The van der Waals surface area contributed by atoms with E-state index < -0.39 is 0 Å². The van der Waals surface area contributed by atoms with Gasteiger partial charge in [0.25, 0.3) is 0 Å². The second-order valence-corrected chi connectivity index (χ2v) is 7.98. The van der Waals surface area contributed by atoms with E-state index in [1.54, 1.807) is 0 Å². The van der Waals surface area contributed by atoms with Crippen LogP contribution in [0.3, 0.4) is 0 Å². The molecule has 1 nitrogen and oxygen atoms in total. The largest absolute Gasteiger partial charge is 0.393 e. The van der Waals surface area contributed by atoms with Crippen LogP contribution in [0.15, 0.2) is 12.2 Å². The molecule has 0 aromatic carbocycles. The van der Waals surface area contributed by atoms with Gasteiger partial charge in [-0.15, -0.1) is 0 Å². The van der Waals surface area contributed by atoms with Crippen LogP contribution in [-0.2, 0) is 0 Å². The normalized spacial score (nSPS) is 56.3. The molecule has 106 valence electrons. The third kappa shape index (κ3) is 1.70. The van der Waals surface area contributed by atoms with Crippen LogP contribution in [0, 0.1) is 35.0 Å². The van der Waals surface area contributed by atoms with Gasteiger partial charge in [0, 0.05) is 0 Å². The Morgan fingerprint density at radius 3 is 2.74 bits per heavy atom. The summed E-state index contributed by atoms with van der Waals surface area (Å²) >= 11 is 0. The molecule has 0 heterocycles. The smallest absolute Gasteiger partial charge is 0.0596 e. The quantitative estimate of drug-likeness (QED) is 0.648. The molecule has 0 amide bonds. The van der Waals surface area contributed by atoms with Crippen molar-refractivity contribution in [3.63, 3.8) is 0 Å². The molecule has 3 saturated carbocycles. The Kier molecular flexibility index (Phi) is 2.85. The minimum Gasteiger partial charge on any atom is -0.393 e. The molecule has 0 aromatic rings. The first kappa shape index (κ1) is 12.4. The van der Waals surface area contributed by atoms with Gasteiger partial charge in [0.2, 0.25) is 0 Å². The van der Waals surface area contributed by atoms with Gasteiger partial charge in [-0.2, -0.15) is 0 Å². The van der Waals surface area contributed by atoms with Crippen molar-refractivity contribution in [3.05, 3.63) is 12.2 Å². The maximum atomic E-state index is 10.4. The van der Waals surface area contributed by atoms with E-state index in [9.17, 15) is 5.11 Å². The first-order chi connectivity index (χ1) is 9.20. The molecule has 0 saturated heterocycles. The molecule has 0 spiro atoms. The summed E-state index contributed by atoms with van der Waals surface area (Å²) in [5, 5.41) is 10.4. The Morgan fingerprint density at radius 2 is 1.84 bits per heavy atom. The SMILES string of the molecule is C[C@]12CCC3[C@@H](CCC4C=CCC[C@@H]43)C1CCC2O. The highest BCUT2D eigenvalue weighted by molar-refractivity contribution is 5.09. The van der Waals surface area contributed by atoms with Crippen molar-refractivity contribution in [3.8, 4) is 0 Å². The number of aliphatic hydroxyl groups is 1. The van der Waals surface area contributed by atoms with E-state index in [2.05, 4.69) is 19.1 Å². The number of aliphatic hydroxyl groups excluding tert-OH is 1. The van der Waals surface area contributed by atoms with Gasteiger partial charge in [0.15, 0.2) is 0 Å². The highest BCUT2D eigenvalue weighted by Gasteiger charge is 2.56. The van der Waals surface area contributed by atoms with Gasteiger partial charge < -0.3 is 5.11 Å². The predicted octanol–water partition coefficient (Wildman–Crippen LogP) is 4.17. The molecule has 1 N–H and O–H groups in total. The Bertz CT molecular complexity index is 387. The number of hydrogen-bond donors (Lipinski definition) is 1. The molecule has 0 aromatic heterocycles. The molecule has 3 fully saturated rings.